The molecule has 0 amide bonds. The van der Waals surface area contributed by atoms with E-state index in [4.69, 9.17) is 23.2 Å². The van der Waals surface area contributed by atoms with Crippen LogP contribution in [-0.2, 0) is 5.41 Å². The van der Waals surface area contributed by atoms with Crippen molar-refractivity contribution in [1.82, 2.24) is 0 Å². The van der Waals surface area contributed by atoms with E-state index in [-0.39, 0.29) is 5.41 Å². The summed E-state index contributed by atoms with van der Waals surface area (Å²) in [4.78, 5) is 0. The maximum absolute atomic E-state index is 9.69. The number of nitriles is 1. The van der Waals surface area contributed by atoms with Crippen molar-refractivity contribution in [2.75, 3.05) is 0 Å². The van der Waals surface area contributed by atoms with Crippen LogP contribution in [0.3, 0.4) is 0 Å². The first kappa shape index (κ1) is 15.7. The van der Waals surface area contributed by atoms with E-state index in [0.717, 1.165) is 18.4 Å². The molecular formula is C17H21Cl2N. The molecule has 3 heteroatoms. The summed E-state index contributed by atoms with van der Waals surface area (Å²) in [7, 11) is 0. The highest BCUT2D eigenvalue weighted by atomic mass is 35.5. The Labute approximate surface area is 131 Å². The van der Waals surface area contributed by atoms with Gasteiger partial charge in [0, 0.05) is 0 Å². The molecule has 0 aliphatic heterocycles. The third-order valence-electron chi connectivity index (χ3n) is 4.60. The largest absolute Gasteiger partial charge is 0.197 e. The van der Waals surface area contributed by atoms with Crippen molar-refractivity contribution >= 4 is 23.2 Å². The molecule has 1 aromatic carbocycles. The monoisotopic (exact) mass is 309 g/mol. The van der Waals surface area contributed by atoms with Gasteiger partial charge in [-0.05, 0) is 48.8 Å². The molecule has 0 spiro atoms. The summed E-state index contributed by atoms with van der Waals surface area (Å²) in [6.45, 7) is 4.45. The SMILES string of the molecule is CCCC1(CCC)CC(C#N)(c2ccc(Cl)c(Cl)c2)C1. The predicted molar refractivity (Wildman–Crippen MR) is 85.2 cm³/mol. The van der Waals surface area contributed by atoms with Crippen LogP contribution in [0, 0.1) is 16.7 Å². The first-order valence-electron chi connectivity index (χ1n) is 7.38. The molecule has 2 rings (SSSR count). The van der Waals surface area contributed by atoms with Crippen LogP contribution in [0.25, 0.3) is 0 Å². The molecule has 1 aliphatic rings. The Morgan fingerprint density at radius 3 is 2.15 bits per heavy atom. The lowest BCUT2D eigenvalue weighted by Crippen LogP contribution is -2.48. The van der Waals surface area contributed by atoms with Gasteiger partial charge in [0.15, 0.2) is 0 Å². The number of hydrogen-bond acceptors (Lipinski definition) is 1. The second-order valence-corrected chi connectivity index (χ2v) is 6.99. The summed E-state index contributed by atoms with van der Waals surface area (Å²) < 4.78 is 0. The Morgan fingerprint density at radius 1 is 1.10 bits per heavy atom. The zero-order valence-corrected chi connectivity index (χ0v) is 13.7. The van der Waals surface area contributed by atoms with Crippen LogP contribution in [0.1, 0.15) is 57.9 Å². The molecule has 0 unspecified atom stereocenters. The molecule has 0 heterocycles. The van der Waals surface area contributed by atoms with Crippen molar-refractivity contribution in [3.8, 4) is 6.07 Å². The molecule has 1 saturated carbocycles. The first-order chi connectivity index (χ1) is 9.51. The third-order valence-corrected chi connectivity index (χ3v) is 5.34. The molecule has 0 N–H and O–H groups in total. The van der Waals surface area contributed by atoms with Crippen LogP contribution in [0.5, 0.6) is 0 Å². The highest BCUT2D eigenvalue weighted by Gasteiger charge is 2.54. The van der Waals surface area contributed by atoms with E-state index in [2.05, 4.69) is 19.9 Å². The second kappa shape index (κ2) is 5.96. The highest BCUT2D eigenvalue weighted by molar-refractivity contribution is 6.42. The Bertz CT molecular complexity index is 516. The van der Waals surface area contributed by atoms with Gasteiger partial charge in [0.2, 0.25) is 0 Å². The normalized spacial score (nSPS) is 19.1. The van der Waals surface area contributed by atoms with Crippen LogP contribution in [0.2, 0.25) is 10.0 Å². The van der Waals surface area contributed by atoms with Crippen molar-refractivity contribution in [2.45, 2.75) is 57.8 Å². The van der Waals surface area contributed by atoms with E-state index >= 15 is 0 Å². The van der Waals surface area contributed by atoms with E-state index in [0.29, 0.717) is 15.5 Å². The van der Waals surface area contributed by atoms with Crippen LogP contribution in [0.4, 0.5) is 0 Å². The number of hydrogen-bond donors (Lipinski definition) is 0. The van der Waals surface area contributed by atoms with E-state index in [1.54, 1.807) is 6.07 Å². The molecule has 1 nitrogen and oxygen atoms in total. The fourth-order valence-electron chi connectivity index (χ4n) is 3.91. The summed E-state index contributed by atoms with van der Waals surface area (Å²) >= 11 is 12.1. The molecule has 0 atom stereocenters. The van der Waals surface area contributed by atoms with E-state index in [1.165, 1.54) is 25.7 Å². The predicted octanol–water partition coefficient (Wildman–Crippen LogP) is 6.14. The molecule has 0 radical (unpaired) electrons. The topological polar surface area (TPSA) is 23.8 Å². The minimum absolute atomic E-state index is 0.353. The maximum atomic E-state index is 9.69. The number of nitrogens with zero attached hydrogens (tertiary/aromatic N) is 1. The van der Waals surface area contributed by atoms with Gasteiger partial charge in [0.1, 0.15) is 0 Å². The summed E-state index contributed by atoms with van der Waals surface area (Å²) in [6, 6.07) is 8.18. The van der Waals surface area contributed by atoms with E-state index in [9.17, 15) is 5.26 Å². The van der Waals surface area contributed by atoms with Crippen LogP contribution in [-0.4, -0.2) is 0 Å². The Kier molecular flexibility index (Phi) is 4.67. The maximum Gasteiger partial charge on any atom is 0.0833 e. The van der Waals surface area contributed by atoms with Gasteiger partial charge >= 0.3 is 0 Å². The third kappa shape index (κ3) is 2.69. The van der Waals surface area contributed by atoms with Gasteiger partial charge in [-0.15, -0.1) is 0 Å². The van der Waals surface area contributed by atoms with Gasteiger partial charge in [-0.2, -0.15) is 5.26 Å². The van der Waals surface area contributed by atoms with Gasteiger partial charge in [0.25, 0.3) is 0 Å². The zero-order valence-electron chi connectivity index (χ0n) is 12.2. The summed E-state index contributed by atoms with van der Waals surface area (Å²) in [5.74, 6) is 0. The number of benzene rings is 1. The Morgan fingerprint density at radius 2 is 1.70 bits per heavy atom. The summed E-state index contributed by atoms with van der Waals surface area (Å²) in [6.07, 6.45) is 6.70. The van der Waals surface area contributed by atoms with Crippen molar-refractivity contribution in [2.24, 2.45) is 5.41 Å². The molecule has 1 aliphatic carbocycles. The summed E-state index contributed by atoms with van der Waals surface area (Å²) in [5.41, 5.74) is 1.02. The minimum Gasteiger partial charge on any atom is -0.197 e. The first-order valence-corrected chi connectivity index (χ1v) is 8.13. The molecule has 1 fully saturated rings. The van der Waals surface area contributed by atoms with Crippen LogP contribution >= 0.6 is 23.2 Å². The highest BCUT2D eigenvalue weighted by Crippen LogP contribution is 2.60. The summed E-state index contributed by atoms with van der Waals surface area (Å²) in [5, 5.41) is 10.8. The van der Waals surface area contributed by atoms with Crippen molar-refractivity contribution in [3.63, 3.8) is 0 Å². The zero-order chi connectivity index (χ0) is 14.8. The van der Waals surface area contributed by atoms with Gasteiger partial charge in [-0.25, -0.2) is 0 Å². The van der Waals surface area contributed by atoms with Gasteiger partial charge in [0.05, 0.1) is 21.5 Å². The lowest BCUT2D eigenvalue weighted by Gasteiger charge is -2.53. The number of rotatable bonds is 5. The lowest BCUT2D eigenvalue weighted by atomic mass is 9.48. The van der Waals surface area contributed by atoms with Crippen molar-refractivity contribution < 1.29 is 0 Å². The Balaban J connectivity index is 2.26. The van der Waals surface area contributed by atoms with Crippen LogP contribution < -0.4 is 0 Å². The molecule has 0 bridgehead atoms. The molecule has 0 saturated heterocycles. The molecule has 0 aromatic heterocycles. The molecule has 1 aromatic rings. The Hall–Kier alpha value is -0.710. The lowest BCUT2D eigenvalue weighted by molar-refractivity contribution is 0.0358. The quantitative estimate of drug-likeness (QED) is 0.641. The van der Waals surface area contributed by atoms with Gasteiger partial charge < -0.3 is 0 Å². The smallest absolute Gasteiger partial charge is 0.0833 e. The van der Waals surface area contributed by atoms with Crippen LogP contribution in [0.15, 0.2) is 18.2 Å². The molecule has 20 heavy (non-hydrogen) atoms. The van der Waals surface area contributed by atoms with E-state index in [1.807, 2.05) is 12.1 Å². The molecule has 108 valence electrons. The minimum atomic E-state index is -0.363. The second-order valence-electron chi connectivity index (χ2n) is 6.18. The number of halogens is 2. The van der Waals surface area contributed by atoms with Crippen molar-refractivity contribution in [3.05, 3.63) is 33.8 Å². The fourth-order valence-corrected chi connectivity index (χ4v) is 4.21. The van der Waals surface area contributed by atoms with Gasteiger partial charge in [-0.3, -0.25) is 0 Å². The standard InChI is InChI=1S/C17H21Cl2N/c1-3-7-16(8-4-2)10-17(11-16,12-20)13-5-6-14(18)15(19)9-13/h5-6,9H,3-4,7-8,10-11H2,1-2H3. The van der Waals surface area contributed by atoms with E-state index < -0.39 is 0 Å². The van der Waals surface area contributed by atoms with Gasteiger partial charge in [-0.1, -0.05) is 56.0 Å². The fraction of sp³-hybridized carbons (Fsp3) is 0.588. The van der Waals surface area contributed by atoms with Crippen molar-refractivity contribution in [1.29, 1.82) is 5.26 Å². The average Bonchev–Trinajstić information content (AvgIpc) is 2.39. The molecular weight excluding hydrogens is 289 g/mol. The average molecular weight is 310 g/mol.